The summed E-state index contributed by atoms with van der Waals surface area (Å²) in [5.74, 6) is 0. The first-order valence-corrected chi connectivity index (χ1v) is 10.8. The van der Waals surface area contributed by atoms with Gasteiger partial charge in [-0.05, 0) is 48.6 Å². The number of aryl methyl sites for hydroxylation is 2. The third kappa shape index (κ3) is 4.72. The van der Waals surface area contributed by atoms with Gasteiger partial charge in [-0.25, -0.2) is 0 Å². The van der Waals surface area contributed by atoms with Crippen LogP contribution in [-0.2, 0) is 13.1 Å². The van der Waals surface area contributed by atoms with Crippen molar-refractivity contribution < 1.29 is 0 Å². The van der Waals surface area contributed by atoms with Crippen LogP contribution >= 0.6 is 11.6 Å². The minimum Gasteiger partial charge on any atom is -0.280 e. The van der Waals surface area contributed by atoms with E-state index in [1.165, 1.54) is 34.2 Å². The summed E-state index contributed by atoms with van der Waals surface area (Å²) in [4.78, 5) is 5.21. The summed E-state index contributed by atoms with van der Waals surface area (Å²) < 4.78 is 0. The molecule has 0 bridgehead atoms. The van der Waals surface area contributed by atoms with Crippen LogP contribution < -0.4 is 0 Å². The van der Waals surface area contributed by atoms with Crippen molar-refractivity contribution in [2.24, 2.45) is 0 Å². The number of hydrogen-bond acceptors (Lipinski definition) is 2. The molecule has 3 aromatic rings. The van der Waals surface area contributed by atoms with E-state index in [0.29, 0.717) is 0 Å². The zero-order valence-corrected chi connectivity index (χ0v) is 18.1. The fourth-order valence-corrected chi connectivity index (χ4v) is 4.64. The second-order valence-corrected chi connectivity index (χ2v) is 8.51. The molecular formula is C26H29ClN2. The second-order valence-electron chi connectivity index (χ2n) is 8.11. The molecule has 3 heteroatoms. The van der Waals surface area contributed by atoms with Crippen molar-refractivity contribution in [3.05, 3.63) is 106 Å². The molecule has 0 aliphatic carbocycles. The summed E-state index contributed by atoms with van der Waals surface area (Å²) in [7, 11) is 0. The normalized spacial score (nSPS) is 18.1. The van der Waals surface area contributed by atoms with Crippen molar-refractivity contribution in [3.63, 3.8) is 0 Å². The van der Waals surface area contributed by atoms with E-state index < -0.39 is 0 Å². The van der Waals surface area contributed by atoms with Gasteiger partial charge in [0.05, 0.1) is 6.17 Å². The number of benzene rings is 3. The molecule has 0 N–H and O–H groups in total. The molecule has 0 amide bonds. The highest BCUT2D eigenvalue weighted by atomic mass is 35.5. The number of rotatable bonds is 5. The summed E-state index contributed by atoms with van der Waals surface area (Å²) in [6.45, 7) is 8.40. The topological polar surface area (TPSA) is 6.48 Å². The van der Waals surface area contributed by atoms with Crippen LogP contribution in [0.4, 0.5) is 0 Å². The average molecular weight is 405 g/mol. The van der Waals surface area contributed by atoms with E-state index in [0.717, 1.165) is 31.2 Å². The number of halogens is 1. The van der Waals surface area contributed by atoms with Crippen LogP contribution in [0.15, 0.2) is 72.8 Å². The Morgan fingerprint density at radius 3 is 2.31 bits per heavy atom. The molecule has 1 unspecified atom stereocenters. The van der Waals surface area contributed by atoms with Gasteiger partial charge in [-0.1, -0.05) is 83.9 Å². The lowest BCUT2D eigenvalue weighted by molar-refractivity contribution is -0.00944. The van der Waals surface area contributed by atoms with Crippen LogP contribution in [0, 0.1) is 13.8 Å². The third-order valence-corrected chi connectivity index (χ3v) is 6.22. The van der Waals surface area contributed by atoms with Gasteiger partial charge in [0.2, 0.25) is 0 Å². The monoisotopic (exact) mass is 404 g/mol. The predicted molar refractivity (Wildman–Crippen MR) is 122 cm³/mol. The molecular weight excluding hydrogens is 376 g/mol. The Balaban J connectivity index is 1.68. The molecule has 1 heterocycles. The minimum absolute atomic E-state index is 0.252. The van der Waals surface area contributed by atoms with Gasteiger partial charge in [0.1, 0.15) is 0 Å². The highest BCUT2D eigenvalue weighted by Gasteiger charge is 2.31. The van der Waals surface area contributed by atoms with Gasteiger partial charge in [0.15, 0.2) is 0 Å². The first-order valence-electron chi connectivity index (χ1n) is 10.4. The Morgan fingerprint density at radius 1 is 0.828 bits per heavy atom. The lowest BCUT2D eigenvalue weighted by Crippen LogP contribution is -2.47. The molecule has 1 atom stereocenters. The van der Waals surface area contributed by atoms with Gasteiger partial charge in [0, 0.05) is 31.2 Å². The SMILES string of the molecule is Cc1cccc(CN2CCCN(Cc3ccccc3Cl)C2c2ccccc2C)c1. The number of hydrogen-bond donors (Lipinski definition) is 0. The Hall–Kier alpha value is -2.13. The van der Waals surface area contributed by atoms with Crippen LogP contribution in [0.5, 0.6) is 0 Å². The molecule has 0 saturated carbocycles. The maximum absolute atomic E-state index is 6.51. The lowest BCUT2D eigenvalue weighted by atomic mass is 10.00. The van der Waals surface area contributed by atoms with Crippen molar-refractivity contribution in [1.29, 1.82) is 0 Å². The summed E-state index contributed by atoms with van der Waals surface area (Å²) in [5, 5.41) is 0.854. The molecule has 1 saturated heterocycles. The molecule has 4 rings (SSSR count). The largest absolute Gasteiger partial charge is 0.280 e. The van der Waals surface area contributed by atoms with E-state index in [4.69, 9.17) is 11.6 Å². The van der Waals surface area contributed by atoms with Gasteiger partial charge >= 0.3 is 0 Å². The molecule has 1 fully saturated rings. The molecule has 0 spiro atoms. The smallest absolute Gasteiger partial charge is 0.0894 e. The van der Waals surface area contributed by atoms with Gasteiger partial charge in [0.25, 0.3) is 0 Å². The highest BCUT2D eigenvalue weighted by molar-refractivity contribution is 6.31. The van der Waals surface area contributed by atoms with Crippen LogP contribution in [0.1, 0.15) is 40.4 Å². The predicted octanol–water partition coefficient (Wildman–Crippen LogP) is 6.36. The zero-order chi connectivity index (χ0) is 20.2. The van der Waals surface area contributed by atoms with E-state index in [1.807, 2.05) is 12.1 Å². The molecule has 0 aromatic heterocycles. The molecule has 1 aliphatic heterocycles. The van der Waals surface area contributed by atoms with Gasteiger partial charge in [-0.3, -0.25) is 9.80 Å². The first-order chi connectivity index (χ1) is 14.1. The molecule has 150 valence electrons. The van der Waals surface area contributed by atoms with Gasteiger partial charge in [-0.15, -0.1) is 0 Å². The van der Waals surface area contributed by atoms with E-state index in [9.17, 15) is 0 Å². The Labute approximate surface area is 179 Å². The summed E-state index contributed by atoms with van der Waals surface area (Å²) >= 11 is 6.51. The van der Waals surface area contributed by atoms with Crippen LogP contribution in [-0.4, -0.2) is 22.9 Å². The van der Waals surface area contributed by atoms with Crippen LogP contribution in [0.25, 0.3) is 0 Å². The quantitative estimate of drug-likeness (QED) is 0.487. The van der Waals surface area contributed by atoms with E-state index in [-0.39, 0.29) is 6.17 Å². The number of nitrogens with zero attached hydrogens (tertiary/aromatic N) is 2. The second kappa shape index (κ2) is 9.13. The molecule has 3 aromatic carbocycles. The summed E-state index contributed by atoms with van der Waals surface area (Å²) in [6.07, 6.45) is 1.42. The van der Waals surface area contributed by atoms with E-state index in [1.54, 1.807) is 0 Å². The zero-order valence-electron chi connectivity index (χ0n) is 17.3. The maximum Gasteiger partial charge on any atom is 0.0894 e. The van der Waals surface area contributed by atoms with Crippen molar-refractivity contribution in [3.8, 4) is 0 Å². The molecule has 2 nitrogen and oxygen atoms in total. The van der Waals surface area contributed by atoms with Gasteiger partial charge < -0.3 is 0 Å². The van der Waals surface area contributed by atoms with Gasteiger partial charge in [-0.2, -0.15) is 0 Å². The Morgan fingerprint density at radius 2 is 1.55 bits per heavy atom. The van der Waals surface area contributed by atoms with Crippen molar-refractivity contribution in [2.45, 2.75) is 39.5 Å². The molecule has 29 heavy (non-hydrogen) atoms. The van der Waals surface area contributed by atoms with Crippen LogP contribution in [0.3, 0.4) is 0 Å². The fourth-order valence-electron chi connectivity index (χ4n) is 4.44. The summed E-state index contributed by atoms with van der Waals surface area (Å²) in [5.41, 5.74) is 6.64. The van der Waals surface area contributed by atoms with Crippen molar-refractivity contribution in [2.75, 3.05) is 13.1 Å². The Bertz CT molecular complexity index is 968. The fraction of sp³-hybridized carbons (Fsp3) is 0.308. The van der Waals surface area contributed by atoms with Crippen molar-refractivity contribution in [1.82, 2.24) is 9.80 Å². The Kier molecular flexibility index (Phi) is 6.34. The van der Waals surface area contributed by atoms with Crippen LogP contribution in [0.2, 0.25) is 5.02 Å². The highest BCUT2D eigenvalue weighted by Crippen LogP contribution is 2.34. The average Bonchev–Trinajstić information content (AvgIpc) is 2.71. The first kappa shape index (κ1) is 20.2. The molecule has 1 aliphatic rings. The maximum atomic E-state index is 6.51. The van der Waals surface area contributed by atoms with E-state index >= 15 is 0 Å². The molecule has 0 radical (unpaired) electrons. The lowest BCUT2D eigenvalue weighted by Gasteiger charge is -2.45. The summed E-state index contributed by atoms with van der Waals surface area (Å²) in [6, 6.07) is 25.9. The third-order valence-electron chi connectivity index (χ3n) is 5.85. The standard InChI is InChI=1S/C26H29ClN2/c1-20-9-7-11-22(17-20)18-28-15-8-16-29(19-23-12-4-6-14-25(23)27)26(28)24-13-5-3-10-21(24)2/h3-7,9-14,17,26H,8,15-16,18-19H2,1-2H3. The minimum atomic E-state index is 0.252. The van der Waals surface area contributed by atoms with Crippen molar-refractivity contribution >= 4 is 11.6 Å². The van der Waals surface area contributed by atoms with E-state index in [2.05, 4.69) is 84.3 Å².